The molecule has 0 aliphatic carbocycles. The van der Waals surface area contributed by atoms with Gasteiger partial charge in [0, 0.05) is 75.4 Å². The molecule has 9 heteroatoms. The summed E-state index contributed by atoms with van der Waals surface area (Å²) in [6.07, 6.45) is 5.25. The lowest BCUT2D eigenvalue weighted by atomic mass is 10.0. The predicted molar refractivity (Wildman–Crippen MR) is 136 cm³/mol. The minimum atomic E-state index is 0.630. The maximum atomic E-state index is 6.26. The molecule has 2 saturated heterocycles. The van der Waals surface area contributed by atoms with Gasteiger partial charge in [0.25, 0.3) is 0 Å². The maximum absolute atomic E-state index is 6.26. The highest BCUT2D eigenvalue weighted by molar-refractivity contribution is 5.96. The summed E-state index contributed by atoms with van der Waals surface area (Å²) in [5.41, 5.74) is 2.06. The third-order valence-electron chi connectivity index (χ3n) is 6.64. The molecular weight excluding hydrogens is 444 g/mol. The highest BCUT2D eigenvalue weighted by atomic mass is 16.5. The number of piperazine rings is 1. The third kappa shape index (κ3) is 5.80. The largest absolute Gasteiger partial charge is 0.493 e. The lowest BCUT2D eigenvalue weighted by molar-refractivity contribution is 0.0357. The first-order valence-electron chi connectivity index (χ1n) is 12.5. The number of nitrogens with zero attached hydrogens (tertiary/aromatic N) is 5. The molecule has 186 valence electrons. The Morgan fingerprint density at radius 3 is 2.51 bits per heavy atom. The van der Waals surface area contributed by atoms with Gasteiger partial charge in [-0.25, -0.2) is 0 Å². The van der Waals surface area contributed by atoms with Crippen molar-refractivity contribution in [1.82, 2.24) is 25.4 Å². The Hall–Kier alpha value is -3.01. The van der Waals surface area contributed by atoms with Crippen LogP contribution in [0.15, 0.2) is 36.7 Å². The zero-order valence-electron chi connectivity index (χ0n) is 20.4. The maximum Gasteiger partial charge on any atom is 0.161 e. The number of ether oxygens (including phenoxy) is 3. The summed E-state index contributed by atoms with van der Waals surface area (Å²) in [5.74, 6) is 2.38. The fourth-order valence-electron chi connectivity index (χ4n) is 4.70. The van der Waals surface area contributed by atoms with Gasteiger partial charge in [0.2, 0.25) is 0 Å². The van der Waals surface area contributed by atoms with Crippen LogP contribution >= 0.6 is 0 Å². The van der Waals surface area contributed by atoms with E-state index in [-0.39, 0.29) is 0 Å². The minimum Gasteiger partial charge on any atom is -0.493 e. The van der Waals surface area contributed by atoms with Crippen molar-refractivity contribution < 1.29 is 14.2 Å². The van der Waals surface area contributed by atoms with Crippen molar-refractivity contribution in [2.24, 2.45) is 0 Å². The smallest absolute Gasteiger partial charge is 0.161 e. The number of methoxy groups -OCH3 is 1. The van der Waals surface area contributed by atoms with Crippen LogP contribution in [-0.2, 0) is 11.2 Å². The second-order valence-corrected chi connectivity index (χ2v) is 8.94. The SMILES string of the molecule is COc1cc2c(Cc3ccncc3)nnc(N3CCNCC3)c2cc1OCCCN1CCOCC1. The van der Waals surface area contributed by atoms with Gasteiger partial charge in [0.15, 0.2) is 17.3 Å². The molecule has 9 nitrogen and oxygen atoms in total. The van der Waals surface area contributed by atoms with Gasteiger partial charge in [-0.2, -0.15) is 5.10 Å². The number of pyridine rings is 1. The average molecular weight is 479 g/mol. The van der Waals surface area contributed by atoms with Crippen molar-refractivity contribution in [1.29, 1.82) is 0 Å². The molecule has 0 bridgehead atoms. The van der Waals surface area contributed by atoms with Gasteiger partial charge in [-0.15, -0.1) is 5.10 Å². The van der Waals surface area contributed by atoms with E-state index in [4.69, 9.17) is 19.3 Å². The number of anilines is 1. The monoisotopic (exact) mass is 478 g/mol. The molecule has 1 N–H and O–H groups in total. The lowest BCUT2D eigenvalue weighted by Crippen LogP contribution is -2.44. The van der Waals surface area contributed by atoms with Crippen molar-refractivity contribution in [3.63, 3.8) is 0 Å². The van der Waals surface area contributed by atoms with Gasteiger partial charge in [-0.1, -0.05) is 0 Å². The van der Waals surface area contributed by atoms with Crippen LogP contribution in [0, 0.1) is 0 Å². The van der Waals surface area contributed by atoms with E-state index in [1.807, 2.05) is 24.5 Å². The van der Waals surface area contributed by atoms with E-state index in [1.54, 1.807) is 7.11 Å². The molecule has 3 aromatic rings. The molecule has 2 fully saturated rings. The highest BCUT2D eigenvalue weighted by Crippen LogP contribution is 2.37. The fourth-order valence-corrected chi connectivity index (χ4v) is 4.70. The summed E-state index contributed by atoms with van der Waals surface area (Å²) >= 11 is 0. The minimum absolute atomic E-state index is 0.630. The number of benzene rings is 1. The Morgan fingerprint density at radius 2 is 1.74 bits per heavy atom. The van der Waals surface area contributed by atoms with Gasteiger partial charge in [-0.3, -0.25) is 9.88 Å². The molecule has 0 amide bonds. The Morgan fingerprint density at radius 1 is 0.971 bits per heavy atom. The molecule has 0 saturated carbocycles. The molecule has 0 atom stereocenters. The second-order valence-electron chi connectivity index (χ2n) is 8.94. The van der Waals surface area contributed by atoms with E-state index in [0.717, 1.165) is 105 Å². The van der Waals surface area contributed by atoms with Crippen molar-refractivity contribution in [3.05, 3.63) is 47.9 Å². The summed E-state index contributed by atoms with van der Waals surface area (Å²) in [7, 11) is 1.69. The van der Waals surface area contributed by atoms with E-state index >= 15 is 0 Å². The number of morpholine rings is 1. The Balaban J connectivity index is 1.43. The van der Waals surface area contributed by atoms with E-state index in [0.29, 0.717) is 13.0 Å². The van der Waals surface area contributed by atoms with Gasteiger partial charge < -0.3 is 24.4 Å². The van der Waals surface area contributed by atoms with Gasteiger partial charge in [0.05, 0.1) is 32.6 Å². The Labute approximate surface area is 206 Å². The number of nitrogens with one attached hydrogen (secondary N) is 1. The molecule has 4 heterocycles. The summed E-state index contributed by atoms with van der Waals surface area (Å²) in [6, 6.07) is 8.18. The Bertz CT molecular complexity index is 1100. The predicted octanol–water partition coefficient (Wildman–Crippen LogP) is 2.13. The summed E-state index contributed by atoms with van der Waals surface area (Å²) in [4.78, 5) is 8.86. The highest BCUT2D eigenvalue weighted by Gasteiger charge is 2.20. The van der Waals surface area contributed by atoms with E-state index in [1.165, 1.54) is 0 Å². The normalized spacial score (nSPS) is 17.0. The quantitative estimate of drug-likeness (QED) is 0.465. The molecule has 0 unspecified atom stereocenters. The van der Waals surface area contributed by atoms with E-state index in [9.17, 15) is 0 Å². The van der Waals surface area contributed by atoms with Crippen LogP contribution in [0.2, 0.25) is 0 Å². The standard InChI is InChI=1S/C26H34N6O3/c1-33-24-18-21-22(19-25(24)35-14-2-9-31-12-15-34-16-13-31)26(32-10-7-28-8-11-32)30-29-23(21)17-20-3-5-27-6-4-20/h3-6,18-19,28H,2,7-17H2,1H3. The molecule has 5 rings (SSSR count). The van der Waals surface area contributed by atoms with Crippen LogP contribution in [0.3, 0.4) is 0 Å². The average Bonchev–Trinajstić information content (AvgIpc) is 2.92. The second kappa shape index (κ2) is 11.6. The van der Waals surface area contributed by atoms with Gasteiger partial charge >= 0.3 is 0 Å². The number of hydrogen-bond acceptors (Lipinski definition) is 9. The van der Waals surface area contributed by atoms with Crippen LogP contribution in [0.1, 0.15) is 17.7 Å². The van der Waals surface area contributed by atoms with Crippen molar-refractivity contribution in [3.8, 4) is 11.5 Å². The van der Waals surface area contributed by atoms with Crippen LogP contribution in [0.25, 0.3) is 10.8 Å². The molecule has 2 aliphatic heterocycles. The topological polar surface area (TPSA) is 84.9 Å². The van der Waals surface area contributed by atoms with Gasteiger partial charge in [-0.05, 0) is 36.2 Å². The summed E-state index contributed by atoms with van der Waals surface area (Å²) in [5, 5.41) is 14.9. The molecular formula is C26H34N6O3. The molecule has 2 aliphatic rings. The number of hydrogen-bond donors (Lipinski definition) is 1. The van der Waals surface area contributed by atoms with E-state index in [2.05, 4.69) is 37.3 Å². The molecule has 35 heavy (non-hydrogen) atoms. The van der Waals surface area contributed by atoms with Crippen LogP contribution in [0.4, 0.5) is 5.82 Å². The van der Waals surface area contributed by atoms with E-state index < -0.39 is 0 Å². The molecule has 0 spiro atoms. The van der Waals surface area contributed by atoms with Crippen LogP contribution in [-0.4, -0.2) is 92.8 Å². The first-order chi connectivity index (χ1) is 17.3. The van der Waals surface area contributed by atoms with Crippen molar-refractivity contribution in [2.75, 3.05) is 77.6 Å². The molecule has 0 radical (unpaired) electrons. The van der Waals surface area contributed by atoms with Gasteiger partial charge in [0.1, 0.15) is 0 Å². The zero-order valence-corrected chi connectivity index (χ0v) is 20.4. The lowest BCUT2D eigenvalue weighted by Gasteiger charge is -2.29. The first kappa shape index (κ1) is 23.7. The number of fused-ring (bicyclic) bond motifs is 1. The van der Waals surface area contributed by atoms with Crippen molar-refractivity contribution in [2.45, 2.75) is 12.8 Å². The zero-order chi connectivity index (χ0) is 23.9. The summed E-state index contributed by atoms with van der Waals surface area (Å²) in [6.45, 7) is 8.92. The molecule has 2 aromatic heterocycles. The van der Waals surface area contributed by atoms with Crippen LogP contribution < -0.4 is 19.7 Å². The summed E-state index contributed by atoms with van der Waals surface area (Å²) < 4.78 is 17.5. The number of aromatic nitrogens is 3. The first-order valence-corrected chi connectivity index (χ1v) is 12.5. The third-order valence-corrected chi connectivity index (χ3v) is 6.64. The van der Waals surface area contributed by atoms with Crippen LogP contribution in [0.5, 0.6) is 11.5 Å². The fraction of sp³-hybridized carbons (Fsp3) is 0.500. The molecule has 1 aromatic carbocycles. The Kier molecular flexibility index (Phi) is 7.87. The number of rotatable bonds is 9. The van der Waals surface area contributed by atoms with Crippen molar-refractivity contribution >= 4 is 16.6 Å².